The van der Waals surface area contributed by atoms with Gasteiger partial charge >= 0.3 is 6.03 Å². The van der Waals surface area contributed by atoms with Crippen LogP contribution in [0.15, 0.2) is 0 Å². The van der Waals surface area contributed by atoms with Gasteiger partial charge in [0.2, 0.25) is 11.0 Å². The summed E-state index contributed by atoms with van der Waals surface area (Å²) in [4.78, 5) is 38.5. The van der Waals surface area contributed by atoms with Crippen LogP contribution in [-0.4, -0.2) is 45.0 Å². The van der Waals surface area contributed by atoms with E-state index in [-0.39, 0.29) is 17.9 Å². The summed E-state index contributed by atoms with van der Waals surface area (Å²) < 4.78 is 0. The molecule has 1 aliphatic carbocycles. The Morgan fingerprint density at radius 1 is 1.36 bits per heavy atom. The molecule has 8 nitrogen and oxygen atoms in total. The predicted molar refractivity (Wildman–Crippen MR) is 93.0 cm³/mol. The molecule has 1 saturated heterocycles. The van der Waals surface area contributed by atoms with Crippen LogP contribution in [0.4, 0.5) is 9.93 Å². The van der Waals surface area contributed by atoms with Crippen LogP contribution in [0.5, 0.6) is 0 Å². The maximum atomic E-state index is 13.0. The summed E-state index contributed by atoms with van der Waals surface area (Å²) in [5.74, 6) is -0.438. The van der Waals surface area contributed by atoms with Crippen molar-refractivity contribution < 1.29 is 14.4 Å². The van der Waals surface area contributed by atoms with Crippen LogP contribution in [-0.2, 0) is 9.59 Å². The van der Waals surface area contributed by atoms with E-state index < -0.39 is 17.5 Å². The fraction of sp³-hybridized carbons (Fsp3) is 0.688. The second-order valence-corrected chi connectivity index (χ2v) is 9.11. The standard InChI is InChI=1S/C16H23N5O3S/c1-9-5-15(3,4)8-16(6-9)12(23)21(14(24)18-16)7-11(22)17-13-20-19-10(2)25-13/h9H,5-8H2,1-4H3,(H,18,24)(H,17,20,22)/t9-,16+/m0/s1. The van der Waals surface area contributed by atoms with Gasteiger partial charge in [-0.2, -0.15) is 0 Å². The van der Waals surface area contributed by atoms with Crippen molar-refractivity contribution >= 4 is 34.3 Å². The number of anilines is 1. The first-order chi connectivity index (χ1) is 11.6. The molecule has 0 unspecified atom stereocenters. The Bertz CT molecular complexity index is 731. The number of amides is 4. The molecule has 9 heteroatoms. The number of hydrogen-bond donors (Lipinski definition) is 2. The van der Waals surface area contributed by atoms with E-state index in [2.05, 4.69) is 41.6 Å². The zero-order valence-electron chi connectivity index (χ0n) is 14.9. The van der Waals surface area contributed by atoms with Gasteiger partial charge in [0.05, 0.1) is 0 Å². The maximum Gasteiger partial charge on any atom is 0.325 e. The normalized spacial score (nSPS) is 28.3. The van der Waals surface area contributed by atoms with Crippen molar-refractivity contribution in [3.63, 3.8) is 0 Å². The molecule has 1 saturated carbocycles. The molecule has 1 aromatic heterocycles. The smallest absolute Gasteiger partial charge is 0.323 e. The number of rotatable bonds is 3. The van der Waals surface area contributed by atoms with E-state index in [0.29, 0.717) is 23.9 Å². The molecule has 2 atom stereocenters. The second kappa shape index (κ2) is 6.05. The zero-order valence-corrected chi connectivity index (χ0v) is 15.7. The Morgan fingerprint density at radius 3 is 2.68 bits per heavy atom. The summed E-state index contributed by atoms with van der Waals surface area (Å²) >= 11 is 1.24. The quantitative estimate of drug-likeness (QED) is 0.797. The molecular weight excluding hydrogens is 342 g/mol. The van der Waals surface area contributed by atoms with Crippen LogP contribution in [0.3, 0.4) is 0 Å². The van der Waals surface area contributed by atoms with Gasteiger partial charge in [0.1, 0.15) is 17.1 Å². The van der Waals surface area contributed by atoms with Gasteiger partial charge in [-0.15, -0.1) is 10.2 Å². The molecule has 1 aromatic rings. The molecule has 2 N–H and O–H groups in total. The monoisotopic (exact) mass is 365 g/mol. The summed E-state index contributed by atoms with van der Waals surface area (Å²) in [6.07, 6.45) is 2.20. The average molecular weight is 365 g/mol. The Kier molecular flexibility index (Phi) is 4.30. The second-order valence-electron chi connectivity index (χ2n) is 7.93. The number of urea groups is 1. The number of aryl methyl sites for hydroxylation is 1. The molecule has 0 radical (unpaired) electrons. The number of aromatic nitrogens is 2. The van der Waals surface area contributed by atoms with Crippen molar-refractivity contribution in [1.82, 2.24) is 20.4 Å². The fourth-order valence-electron chi connectivity index (χ4n) is 4.30. The van der Waals surface area contributed by atoms with Crippen LogP contribution in [0.25, 0.3) is 0 Å². The van der Waals surface area contributed by atoms with Gasteiger partial charge in [0.25, 0.3) is 5.91 Å². The number of nitrogens with zero attached hydrogens (tertiary/aromatic N) is 3. The molecule has 136 valence electrons. The van der Waals surface area contributed by atoms with Crippen molar-refractivity contribution in [2.24, 2.45) is 11.3 Å². The summed E-state index contributed by atoms with van der Waals surface area (Å²) in [5.41, 5.74) is -0.930. The Labute approximate surface area is 150 Å². The van der Waals surface area contributed by atoms with E-state index in [0.717, 1.165) is 16.3 Å². The number of imide groups is 1. The van der Waals surface area contributed by atoms with Crippen molar-refractivity contribution in [1.29, 1.82) is 0 Å². The zero-order chi connectivity index (χ0) is 18.4. The van der Waals surface area contributed by atoms with E-state index in [1.807, 2.05) is 0 Å². The fourth-order valence-corrected chi connectivity index (χ4v) is 4.91. The summed E-state index contributed by atoms with van der Waals surface area (Å²) in [7, 11) is 0. The number of nitrogens with one attached hydrogen (secondary N) is 2. The van der Waals surface area contributed by atoms with Gasteiger partial charge in [0, 0.05) is 0 Å². The lowest BCUT2D eigenvalue weighted by Gasteiger charge is -2.43. The van der Waals surface area contributed by atoms with Gasteiger partial charge < -0.3 is 5.32 Å². The highest BCUT2D eigenvalue weighted by atomic mass is 32.1. The Balaban J connectivity index is 1.72. The first-order valence-corrected chi connectivity index (χ1v) is 9.16. The molecule has 1 aliphatic heterocycles. The molecule has 2 aliphatic rings. The highest BCUT2D eigenvalue weighted by Gasteiger charge is 2.56. The van der Waals surface area contributed by atoms with Crippen LogP contribution in [0.1, 0.15) is 45.0 Å². The van der Waals surface area contributed by atoms with E-state index in [9.17, 15) is 14.4 Å². The predicted octanol–water partition coefficient (Wildman–Crippen LogP) is 1.92. The topological polar surface area (TPSA) is 104 Å². The molecule has 2 heterocycles. The van der Waals surface area contributed by atoms with E-state index in [4.69, 9.17) is 0 Å². The minimum Gasteiger partial charge on any atom is -0.323 e. The lowest BCUT2D eigenvalue weighted by atomic mass is 9.64. The van der Waals surface area contributed by atoms with Crippen LogP contribution in [0, 0.1) is 18.3 Å². The SMILES string of the molecule is Cc1nnc(NC(=O)CN2C(=O)N[C@@]3(C[C@@H](C)CC(C)(C)C3)C2=O)s1. The Morgan fingerprint density at radius 2 is 2.08 bits per heavy atom. The first-order valence-electron chi connectivity index (χ1n) is 8.34. The molecule has 1 spiro atoms. The van der Waals surface area contributed by atoms with Crippen molar-refractivity contribution in [3.8, 4) is 0 Å². The van der Waals surface area contributed by atoms with E-state index in [1.165, 1.54) is 11.3 Å². The minimum atomic E-state index is -0.891. The third kappa shape index (κ3) is 3.51. The highest BCUT2D eigenvalue weighted by molar-refractivity contribution is 7.15. The Hall–Kier alpha value is -2.03. The minimum absolute atomic E-state index is 0.0387. The van der Waals surface area contributed by atoms with Crippen LogP contribution >= 0.6 is 11.3 Å². The lowest BCUT2D eigenvalue weighted by Crippen LogP contribution is -2.54. The van der Waals surface area contributed by atoms with Gasteiger partial charge in [-0.25, -0.2) is 4.79 Å². The first kappa shape index (κ1) is 17.8. The molecule has 0 bridgehead atoms. The third-order valence-electron chi connectivity index (χ3n) is 4.70. The molecule has 4 amide bonds. The third-order valence-corrected chi connectivity index (χ3v) is 5.45. The summed E-state index contributed by atoms with van der Waals surface area (Å²) in [6, 6.07) is -0.501. The largest absolute Gasteiger partial charge is 0.325 e. The van der Waals surface area contributed by atoms with Crippen LogP contribution < -0.4 is 10.6 Å². The van der Waals surface area contributed by atoms with Crippen molar-refractivity contribution in [2.75, 3.05) is 11.9 Å². The maximum absolute atomic E-state index is 13.0. The van der Waals surface area contributed by atoms with Gasteiger partial charge in [0.15, 0.2) is 0 Å². The lowest BCUT2D eigenvalue weighted by molar-refractivity contribution is -0.136. The van der Waals surface area contributed by atoms with Gasteiger partial charge in [-0.05, 0) is 37.5 Å². The van der Waals surface area contributed by atoms with Gasteiger partial charge in [-0.3, -0.25) is 19.8 Å². The molecule has 3 rings (SSSR count). The molecule has 2 fully saturated rings. The van der Waals surface area contributed by atoms with Gasteiger partial charge in [-0.1, -0.05) is 32.1 Å². The molecule has 0 aromatic carbocycles. The summed E-state index contributed by atoms with van der Waals surface area (Å²) in [6.45, 7) is 7.77. The average Bonchev–Trinajstić information content (AvgIpc) is 2.94. The van der Waals surface area contributed by atoms with Crippen LogP contribution in [0.2, 0.25) is 0 Å². The summed E-state index contributed by atoms with van der Waals surface area (Å²) in [5, 5.41) is 14.2. The van der Waals surface area contributed by atoms with E-state index >= 15 is 0 Å². The molecular formula is C16H23N5O3S. The number of carbonyl (C=O) groups is 3. The number of carbonyl (C=O) groups excluding carboxylic acids is 3. The van der Waals surface area contributed by atoms with E-state index in [1.54, 1.807) is 6.92 Å². The highest BCUT2D eigenvalue weighted by Crippen LogP contribution is 2.46. The molecule has 25 heavy (non-hydrogen) atoms. The number of hydrogen-bond acceptors (Lipinski definition) is 6. The van der Waals surface area contributed by atoms with Crippen molar-refractivity contribution in [2.45, 2.75) is 52.5 Å². The van der Waals surface area contributed by atoms with Crippen molar-refractivity contribution in [3.05, 3.63) is 5.01 Å².